The van der Waals surface area contributed by atoms with E-state index < -0.39 is 6.10 Å². The molecule has 0 fully saturated rings. The Labute approximate surface area is 99.7 Å². The molecule has 90 valence electrons. The van der Waals surface area contributed by atoms with Crippen LogP contribution in [0, 0.1) is 0 Å². The first-order valence-corrected chi connectivity index (χ1v) is 5.45. The van der Waals surface area contributed by atoms with Crippen molar-refractivity contribution in [1.29, 1.82) is 0 Å². The normalized spacial score (nSPS) is 12.4. The second kappa shape index (κ2) is 4.97. The number of hydrogen-bond acceptors (Lipinski definition) is 4. The van der Waals surface area contributed by atoms with E-state index in [0.717, 1.165) is 6.54 Å². The van der Waals surface area contributed by atoms with Crippen molar-refractivity contribution in [2.24, 2.45) is 0 Å². The minimum atomic E-state index is -0.825. The third kappa shape index (κ3) is 2.14. The first-order chi connectivity index (χ1) is 8.27. The molecule has 1 unspecified atom stereocenters. The van der Waals surface area contributed by atoms with Gasteiger partial charge in [-0.2, -0.15) is 0 Å². The number of aromatic nitrogens is 3. The predicted molar refractivity (Wildman–Crippen MR) is 62.8 cm³/mol. The summed E-state index contributed by atoms with van der Waals surface area (Å²) in [6.45, 7) is 2.75. The van der Waals surface area contributed by atoms with Crippen LogP contribution >= 0.6 is 0 Å². The standard InChI is InChI=1S/C12H15N3O2/c1-3-15-8-13-7-9(15)12(16)11-10(17-2)5-4-6-14-11/h4-8,12,16H,3H2,1-2H3. The minimum Gasteiger partial charge on any atom is -0.495 e. The molecule has 5 heteroatoms. The fourth-order valence-corrected chi connectivity index (χ4v) is 1.74. The Morgan fingerprint density at radius 3 is 3.06 bits per heavy atom. The SMILES string of the molecule is CCn1cncc1C(O)c1ncccc1OC. The van der Waals surface area contributed by atoms with Crippen LogP contribution in [0.4, 0.5) is 0 Å². The fraction of sp³-hybridized carbons (Fsp3) is 0.333. The highest BCUT2D eigenvalue weighted by Gasteiger charge is 2.19. The molecule has 1 atom stereocenters. The number of hydrogen-bond donors (Lipinski definition) is 1. The van der Waals surface area contributed by atoms with Crippen LogP contribution in [0.5, 0.6) is 5.75 Å². The van der Waals surface area contributed by atoms with Crippen LogP contribution < -0.4 is 4.74 Å². The number of aryl methyl sites for hydroxylation is 1. The molecule has 2 aromatic rings. The molecule has 0 amide bonds. The van der Waals surface area contributed by atoms with Crippen LogP contribution in [0.15, 0.2) is 30.9 Å². The number of methoxy groups -OCH3 is 1. The summed E-state index contributed by atoms with van der Waals surface area (Å²) in [5.41, 5.74) is 1.22. The molecule has 0 radical (unpaired) electrons. The van der Waals surface area contributed by atoms with E-state index in [-0.39, 0.29) is 0 Å². The summed E-state index contributed by atoms with van der Waals surface area (Å²) in [5, 5.41) is 10.3. The number of rotatable bonds is 4. The van der Waals surface area contributed by atoms with Gasteiger partial charge in [0.15, 0.2) is 0 Å². The van der Waals surface area contributed by atoms with Gasteiger partial charge in [-0.1, -0.05) is 0 Å². The van der Waals surface area contributed by atoms with Gasteiger partial charge in [0.1, 0.15) is 17.5 Å². The van der Waals surface area contributed by atoms with Gasteiger partial charge in [-0.15, -0.1) is 0 Å². The molecule has 0 spiro atoms. The molecule has 0 aliphatic heterocycles. The van der Waals surface area contributed by atoms with Gasteiger partial charge in [0.05, 0.1) is 25.3 Å². The summed E-state index contributed by atoms with van der Waals surface area (Å²) < 4.78 is 7.06. The lowest BCUT2D eigenvalue weighted by molar-refractivity contribution is 0.199. The van der Waals surface area contributed by atoms with Crippen molar-refractivity contribution in [1.82, 2.24) is 14.5 Å². The molecule has 0 saturated carbocycles. The van der Waals surface area contributed by atoms with Gasteiger partial charge in [-0.05, 0) is 19.1 Å². The molecular weight excluding hydrogens is 218 g/mol. The molecule has 0 bridgehead atoms. The number of nitrogens with zero attached hydrogens (tertiary/aromatic N) is 3. The lowest BCUT2D eigenvalue weighted by atomic mass is 10.1. The Balaban J connectivity index is 2.40. The summed E-state index contributed by atoms with van der Waals surface area (Å²) in [6.07, 6.45) is 4.14. The number of pyridine rings is 1. The van der Waals surface area contributed by atoms with Crippen LogP contribution in [0.25, 0.3) is 0 Å². The second-order valence-corrected chi connectivity index (χ2v) is 3.60. The van der Waals surface area contributed by atoms with Crippen molar-refractivity contribution in [2.45, 2.75) is 19.6 Å². The number of aliphatic hydroxyl groups excluding tert-OH is 1. The van der Waals surface area contributed by atoms with Crippen molar-refractivity contribution in [3.05, 3.63) is 42.2 Å². The zero-order valence-electron chi connectivity index (χ0n) is 9.87. The molecule has 2 rings (SSSR count). The molecule has 1 N–H and O–H groups in total. The number of ether oxygens (including phenoxy) is 1. The molecule has 2 aromatic heterocycles. The van der Waals surface area contributed by atoms with Gasteiger partial charge < -0.3 is 14.4 Å². The molecule has 0 aliphatic rings. The third-order valence-electron chi connectivity index (χ3n) is 2.64. The molecule has 0 aliphatic carbocycles. The average molecular weight is 233 g/mol. The molecule has 2 heterocycles. The predicted octanol–water partition coefficient (Wildman–Crippen LogP) is 1.39. The largest absolute Gasteiger partial charge is 0.495 e. The Morgan fingerprint density at radius 1 is 1.53 bits per heavy atom. The van der Waals surface area contributed by atoms with E-state index in [1.165, 1.54) is 0 Å². The van der Waals surface area contributed by atoms with Gasteiger partial charge in [0, 0.05) is 12.7 Å². The highest BCUT2D eigenvalue weighted by Crippen LogP contribution is 2.27. The van der Waals surface area contributed by atoms with Crippen molar-refractivity contribution in [2.75, 3.05) is 7.11 Å². The molecule has 0 saturated heterocycles. The Bertz CT molecular complexity index is 496. The van der Waals surface area contributed by atoms with Gasteiger partial charge in [-0.3, -0.25) is 4.98 Å². The summed E-state index contributed by atoms with van der Waals surface area (Å²) in [7, 11) is 1.56. The van der Waals surface area contributed by atoms with E-state index in [1.807, 2.05) is 11.5 Å². The van der Waals surface area contributed by atoms with Crippen LogP contribution in [0.3, 0.4) is 0 Å². The molecule has 5 nitrogen and oxygen atoms in total. The maximum absolute atomic E-state index is 10.3. The van der Waals surface area contributed by atoms with E-state index in [1.54, 1.807) is 38.0 Å². The van der Waals surface area contributed by atoms with Gasteiger partial charge >= 0.3 is 0 Å². The smallest absolute Gasteiger partial charge is 0.143 e. The highest BCUT2D eigenvalue weighted by atomic mass is 16.5. The van der Waals surface area contributed by atoms with Crippen molar-refractivity contribution < 1.29 is 9.84 Å². The van der Waals surface area contributed by atoms with E-state index in [0.29, 0.717) is 17.1 Å². The second-order valence-electron chi connectivity index (χ2n) is 3.60. The van der Waals surface area contributed by atoms with Crippen LogP contribution in [0.1, 0.15) is 24.4 Å². The van der Waals surface area contributed by atoms with E-state index in [2.05, 4.69) is 9.97 Å². The molecular formula is C12H15N3O2. The highest BCUT2D eigenvalue weighted by molar-refractivity contribution is 5.32. The monoisotopic (exact) mass is 233 g/mol. The van der Waals surface area contributed by atoms with E-state index in [9.17, 15) is 5.11 Å². The summed E-state index contributed by atoms with van der Waals surface area (Å²) in [6, 6.07) is 3.55. The summed E-state index contributed by atoms with van der Waals surface area (Å²) >= 11 is 0. The first kappa shape index (κ1) is 11.6. The van der Waals surface area contributed by atoms with Crippen LogP contribution in [-0.2, 0) is 6.54 Å². The van der Waals surface area contributed by atoms with Crippen LogP contribution in [-0.4, -0.2) is 26.8 Å². The van der Waals surface area contributed by atoms with Gasteiger partial charge in [-0.25, -0.2) is 4.98 Å². The zero-order chi connectivity index (χ0) is 12.3. The Morgan fingerprint density at radius 2 is 2.35 bits per heavy atom. The lowest BCUT2D eigenvalue weighted by Gasteiger charge is -2.14. The summed E-state index contributed by atoms with van der Waals surface area (Å²) in [5.74, 6) is 0.573. The van der Waals surface area contributed by atoms with Crippen molar-refractivity contribution in [3.63, 3.8) is 0 Å². The molecule has 0 aromatic carbocycles. The van der Waals surface area contributed by atoms with Crippen molar-refractivity contribution >= 4 is 0 Å². The molecule has 17 heavy (non-hydrogen) atoms. The van der Waals surface area contributed by atoms with E-state index in [4.69, 9.17) is 4.74 Å². The van der Waals surface area contributed by atoms with Gasteiger partial charge in [0.2, 0.25) is 0 Å². The van der Waals surface area contributed by atoms with Gasteiger partial charge in [0.25, 0.3) is 0 Å². The third-order valence-corrected chi connectivity index (χ3v) is 2.64. The Hall–Kier alpha value is -1.88. The zero-order valence-corrected chi connectivity index (χ0v) is 9.87. The Kier molecular flexibility index (Phi) is 3.39. The maximum Gasteiger partial charge on any atom is 0.143 e. The van der Waals surface area contributed by atoms with Crippen LogP contribution in [0.2, 0.25) is 0 Å². The minimum absolute atomic E-state index is 0.505. The lowest BCUT2D eigenvalue weighted by Crippen LogP contribution is -2.09. The fourth-order valence-electron chi connectivity index (χ4n) is 1.74. The number of aliphatic hydroxyl groups is 1. The quantitative estimate of drug-likeness (QED) is 0.866. The van der Waals surface area contributed by atoms with E-state index >= 15 is 0 Å². The number of imidazole rings is 1. The average Bonchev–Trinajstić information content (AvgIpc) is 2.86. The van der Waals surface area contributed by atoms with Crippen molar-refractivity contribution in [3.8, 4) is 5.75 Å². The topological polar surface area (TPSA) is 60.2 Å². The maximum atomic E-state index is 10.3. The summed E-state index contributed by atoms with van der Waals surface area (Å²) in [4.78, 5) is 8.19. The first-order valence-electron chi connectivity index (χ1n) is 5.45.